The van der Waals surface area contributed by atoms with E-state index < -0.39 is 47.3 Å². The molecule has 1 saturated carbocycles. The Morgan fingerprint density at radius 1 is 0.864 bits per heavy atom. The number of para-hydroxylation sites is 1. The molecule has 1 aliphatic carbocycles. The van der Waals surface area contributed by atoms with Crippen LogP contribution in [0.15, 0.2) is 91.1 Å². The fourth-order valence-corrected chi connectivity index (χ4v) is 8.00. The average molecular weight is 806 g/mol. The third-order valence-corrected chi connectivity index (χ3v) is 11.4. The van der Waals surface area contributed by atoms with E-state index in [-0.39, 0.29) is 50.0 Å². The molecule has 5 amide bonds. The lowest BCUT2D eigenvalue weighted by molar-refractivity contribution is -0.142. The van der Waals surface area contributed by atoms with Crippen LogP contribution in [0.3, 0.4) is 0 Å². The summed E-state index contributed by atoms with van der Waals surface area (Å²) in [6.45, 7) is 2.25. The molecule has 0 bridgehead atoms. The van der Waals surface area contributed by atoms with Gasteiger partial charge in [0.2, 0.25) is 29.5 Å². The third-order valence-electron chi connectivity index (χ3n) is 11.4. The monoisotopic (exact) mass is 805 g/mol. The van der Waals surface area contributed by atoms with Gasteiger partial charge >= 0.3 is 0 Å². The van der Waals surface area contributed by atoms with Crippen LogP contribution in [-0.4, -0.2) is 82.6 Å². The van der Waals surface area contributed by atoms with Crippen molar-refractivity contribution in [2.24, 2.45) is 11.5 Å². The molecule has 4 aromatic rings. The normalized spacial score (nSPS) is 17.8. The fourth-order valence-electron chi connectivity index (χ4n) is 8.00. The molecule has 59 heavy (non-hydrogen) atoms. The van der Waals surface area contributed by atoms with Gasteiger partial charge in [0.15, 0.2) is 5.96 Å². The molecule has 0 aliphatic heterocycles. The number of nitrogens with one attached hydrogen (secondary N) is 6. The number of carbonyl (C=O) groups is 5. The van der Waals surface area contributed by atoms with Gasteiger partial charge in [0.25, 0.3) is 0 Å². The Hall–Kier alpha value is -6.18. The number of H-pyrrole nitrogens is 1. The summed E-state index contributed by atoms with van der Waals surface area (Å²) in [5, 5.41) is 20.2. The number of fused-ring (bicyclic) bond motifs is 1. The van der Waals surface area contributed by atoms with Crippen molar-refractivity contribution in [3.8, 4) is 0 Å². The van der Waals surface area contributed by atoms with E-state index >= 15 is 0 Å². The SMILES string of the molecule is CCCCC(=O)N[C@]1(C(=O)N[C@H](Cc2ccccc2)C(=O)N[C@@H](CCCNC(=N)N)C(=O)N(C)[C@@H](Cc2c[nH]c3ccccc23)C(N)=O)CC[C@H](c2ccccc2)CC1. The number of unbranched alkanes of at least 4 members (excludes halogenated alkanes) is 1. The smallest absolute Gasteiger partial charge is 0.246 e. The zero-order chi connectivity index (χ0) is 42.4. The minimum absolute atomic E-state index is 0.109. The van der Waals surface area contributed by atoms with Crippen molar-refractivity contribution < 1.29 is 24.0 Å². The molecule has 14 heteroatoms. The molecule has 5 rings (SSSR count). The summed E-state index contributed by atoms with van der Waals surface area (Å²) in [6, 6.07) is 23.7. The van der Waals surface area contributed by atoms with E-state index in [2.05, 4.69) is 38.4 Å². The maximum Gasteiger partial charge on any atom is 0.246 e. The largest absolute Gasteiger partial charge is 0.370 e. The highest BCUT2D eigenvalue weighted by Crippen LogP contribution is 2.38. The maximum absolute atomic E-state index is 14.6. The maximum atomic E-state index is 14.6. The van der Waals surface area contributed by atoms with E-state index in [1.165, 1.54) is 17.5 Å². The Morgan fingerprint density at radius 3 is 2.19 bits per heavy atom. The van der Waals surface area contributed by atoms with Gasteiger partial charge in [-0.3, -0.25) is 29.4 Å². The number of carbonyl (C=O) groups excluding carboxylic acids is 5. The number of benzene rings is 3. The fraction of sp³-hybridized carbons (Fsp3) is 0.422. The number of nitrogens with zero attached hydrogens (tertiary/aromatic N) is 1. The minimum Gasteiger partial charge on any atom is -0.370 e. The average Bonchev–Trinajstić information content (AvgIpc) is 3.65. The molecule has 1 aliphatic rings. The van der Waals surface area contributed by atoms with E-state index in [4.69, 9.17) is 16.9 Å². The lowest BCUT2D eigenvalue weighted by Gasteiger charge is -2.40. The molecule has 314 valence electrons. The topological polar surface area (TPSA) is 228 Å². The van der Waals surface area contributed by atoms with Crippen molar-refractivity contribution in [1.29, 1.82) is 5.41 Å². The van der Waals surface area contributed by atoms with Crippen LogP contribution < -0.4 is 32.7 Å². The molecule has 14 nitrogen and oxygen atoms in total. The number of aromatic nitrogens is 1. The second-order valence-electron chi connectivity index (χ2n) is 15.6. The number of likely N-dealkylation sites (N-methyl/N-ethyl adjacent to an activating group) is 1. The van der Waals surface area contributed by atoms with Gasteiger partial charge < -0.3 is 42.6 Å². The molecule has 1 aromatic heterocycles. The van der Waals surface area contributed by atoms with Crippen molar-refractivity contribution in [2.75, 3.05) is 13.6 Å². The highest BCUT2D eigenvalue weighted by molar-refractivity contribution is 5.97. The lowest BCUT2D eigenvalue weighted by atomic mass is 9.73. The van der Waals surface area contributed by atoms with Crippen LogP contribution in [0, 0.1) is 5.41 Å². The van der Waals surface area contributed by atoms with Gasteiger partial charge in [-0.1, -0.05) is 92.2 Å². The number of guanidine groups is 1. The van der Waals surface area contributed by atoms with Crippen LogP contribution in [0.1, 0.15) is 87.3 Å². The van der Waals surface area contributed by atoms with Crippen molar-refractivity contribution in [3.63, 3.8) is 0 Å². The first kappa shape index (κ1) is 43.9. The van der Waals surface area contributed by atoms with Crippen LogP contribution in [0.2, 0.25) is 0 Å². The molecule has 10 N–H and O–H groups in total. The number of hydrogen-bond donors (Lipinski definition) is 8. The molecule has 3 aromatic carbocycles. The lowest BCUT2D eigenvalue weighted by Crippen LogP contribution is -2.64. The number of aromatic amines is 1. The zero-order valence-corrected chi connectivity index (χ0v) is 34.1. The first-order valence-corrected chi connectivity index (χ1v) is 20.6. The summed E-state index contributed by atoms with van der Waals surface area (Å²) >= 11 is 0. The molecular formula is C45H59N9O5. The minimum atomic E-state index is -1.24. The summed E-state index contributed by atoms with van der Waals surface area (Å²) < 4.78 is 0. The summed E-state index contributed by atoms with van der Waals surface area (Å²) in [4.78, 5) is 74.2. The van der Waals surface area contributed by atoms with Gasteiger partial charge in [-0.05, 0) is 73.6 Å². The summed E-state index contributed by atoms with van der Waals surface area (Å²) in [5.74, 6) is -2.55. The van der Waals surface area contributed by atoms with Crippen LogP contribution >= 0.6 is 0 Å². The van der Waals surface area contributed by atoms with Gasteiger partial charge in [0, 0.05) is 50.0 Å². The van der Waals surface area contributed by atoms with Crippen molar-refractivity contribution in [1.82, 2.24) is 31.2 Å². The Labute approximate surface area is 346 Å². The predicted octanol–water partition coefficient (Wildman–Crippen LogP) is 3.90. The van der Waals surface area contributed by atoms with Gasteiger partial charge in [-0.2, -0.15) is 0 Å². The molecule has 0 unspecified atom stereocenters. The van der Waals surface area contributed by atoms with Crippen LogP contribution in [0.5, 0.6) is 0 Å². The highest BCUT2D eigenvalue weighted by atomic mass is 16.2. The summed E-state index contributed by atoms with van der Waals surface area (Å²) in [5.41, 5.74) is 13.8. The van der Waals surface area contributed by atoms with Crippen molar-refractivity contribution in [3.05, 3.63) is 108 Å². The van der Waals surface area contributed by atoms with E-state index in [0.717, 1.165) is 28.5 Å². The Balaban J connectivity index is 1.40. The quantitative estimate of drug-likeness (QED) is 0.0373. The van der Waals surface area contributed by atoms with E-state index in [0.29, 0.717) is 38.5 Å². The molecule has 0 spiro atoms. The first-order valence-electron chi connectivity index (χ1n) is 20.6. The first-order chi connectivity index (χ1) is 28.4. The predicted molar refractivity (Wildman–Crippen MR) is 229 cm³/mol. The molecule has 1 heterocycles. The van der Waals surface area contributed by atoms with Gasteiger partial charge in [-0.25, -0.2) is 0 Å². The van der Waals surface area contributed by atoms with E-state index in [1.807, 2.05) is 79.7 Å². The second-order valence-corrected chi connectivity index (χ2v) is 15.6. The van der Waals surface area contributed by atoms with Gasteiger partial charge in [-0.15, -0.1) is 0 Å². The van der Waals surface area contributed by atoms with Gasteiger partial charge in [0.05, 0.1) is 0 Å². The summed E-state index contributed by atoms with van der Waals surface area (Å²) in [7, 11) is 1.49. The third kappa shape index (κ3) is 11.9. The Bertz CT molecular complexity index is 2050. The number of primary amides is 1. The molecule has 3 atom stereocenters. The molecule has 0 saturated heterocycles. The Morgan fingerprint density at radius 2 is 1.53 bits per heavy atom. The highest BCUT2D eigenvalue weighted by Gasteiger charge is 2.45. The number of nitrogens with two attached hydrogens (primary N) is 2. The standard InChI is InChI=1S/C45H59N9O5/c1-3-4-21-39(55)53-45(24-22-32(23-25-45)31-16-9-6-10-17-31)43(59)52-37(27-30-14-7-5-8-15-30)41(57)51-36(20-13-26-49-44(47)48)42(58)54(2)38(40(46)56)28-33-29-50-35-19-12-11-18-34(33)35/h5-12,14-19,29,32,36-38,50H,3-4,13,20-28H2,1-2H3,(H2,46,56)(H,51,57)(H,52,59)(H,53,55)(H4,47,48,49)/t32-,36-,37+,38-,45+/m0/s1. The summed E-state index contributed by atoms with van der Waals surface area (Å²) in [6.07, 6.45) is 6.37. The Kier molecular flexibility index (Phi) is 15.6. The zero-order valence-electron chi connectivity index (χ0n) is 34.1. The van der Waals surface area contributed by atoms with E-state index in [1.54, 1.807) is 6.20 Å². The number of rotatable bonds is 20. The molecule has 0 radical (unpaired) electrons. The second kappa shape index (κ2) is 21.0. The number of hydrogen-bond acceptors (Lipinski definition) is 6. The van der Waals surface area contributed by atoms with Crippen LogP contribution in [0.4, 0.5) is 0 Å². The molecular weight excluding hydrogens is 747 g/mol. The van der Waals surface area contributed by atoms with Crippen LogP contribution in [-0.2, 0) is 36.8 Å². The van der Waals surface area contributed by atoms with Gasteiger partial charge in [0.1, 0.15) is 23.7 Å². The number of amides is 5. The molecule has 1 fully saturated rings. The van der Waals surface area contributed by atoms with E-state index in [9.17, 15) is 24.0 Å². The van der Waals surface area contributed by atoms with Crippen LogP contribution in [0.25, 0.3) is 10.9 Å². The van der Waals surface area contributed by atoms with Crippen molar-refractivity contribution in [2.45, 2.75) is 107 Å². The van der Waals surface area contributed by atoms with Crippen molar-refractivity contribution >= 4 is 46.4 Å².